The van der Waals surface area contributed by atoms with Crippen molar-refractivity contribution in [2.24, 2.45) is 0 Å². The molecular formula is C19H25BNO2+. The number of nitrogens with zero attached hydrogens (tertiary/aromatic N) is 1. The Hall–Kier alpha value is -1.65. The fourth-order valence-corrected chi connectivity index (χ4v) is 2.70. The maximum Gasteiger partial charge on any atom is 0.494 e. The topological polar surface area (TPSA) is 22.3 Å². The van der Waals surface area contributed by atoms with Crippen LogP contribution in [-0.2, 0) is 15.9 Å². The van der Waals surface area contributed by atoms with Crippen LogP contribution in [0.5, 0.6) is 0 Å². The molecule has 0 unspecified atom stereocenters. The molecule has 23 heavy (non-hydrogen) atoms. The third-order valence-corrected chi connectivity index (χ3v) is 5.03. The van der Waals surface area contributed by atoms with Gasteiger partial charge in [0.15, 0.2) is 18.4 Å². The third kappa shape index (κ3) is 3.19. The maximum atomic E-state index is 6.10. The van der Waals surface area contributed by atoms with Gasteiger partial charge in [0, 0.05) is 24.6 Å². The minimum Gasteiger partial charge on any atom is -0.399 e. The molecule has 1 aromatic heterocycles. The van der Waals surface area contributed by atoms with E-state index in [2.05, 4.69) is 87.8 Å². The molecule has 0 amide bonds. The fourth-order valence-electron chi connectivity index (χ4n) is 2.70. The lowest BCUT2D eigenvalue weighted by Crippen LogP contribution is -2.41. The quantitative estimate of drug-likeness (QED) is 0.642. The number of hydrogen-bond donors (Lipinski definition) is 0. The van der Waals surface area contributed by atoms with Gasteiger partial charge in [-0.05, 0) is 33.2 Å². The molecule has 1 aliphatic heterocycles. The first-order valence-electron chi connectivity index (χ1n) is 8.18. The van der Waals surface area contributed by atoms with Crippen LogP contribution in [0, 0.1) is 6.92 Å². The highest BCUT2D eigenvalue weighted by Crippen LogP contribution is 2.36. The van der Waals surface area contributed by atoms with E-state index in [0.29, 0.717) is 0 Å². The van der Waals surface area contributed by atoms with Crippen LogP contribution in [0.15, 0.2) is 48.7 Å². The molecule has 2 aromatic rings. The summed E-state index contributed by atoms with van der Waals surface area (Å²) in [5, 5.41) is 0. The van der Waals surface area contributed by atoms with Gasteiger partial charge in [-0.1, -0.05) is 30.3 Å². The van der Waals surface area contributed by atoms with Gasteiger partial charge < -0.3 is 9.31 Å². The highest BCUT2D eigenvalue weighted by molar-refractivity contribution is 6.62. The Bertz CT molecular complexity index is 679. The van der Waals surface area contributed by atoms with Crippen LogP contribution in [-0.4, -0.2) is 18.3 Å². The Kier molecular flexibility index (Phi) is 4.07. The smallest absolute Gasteiger partial charge is 0.399 e. The summed E-state index contributed by atoms with van der Waals surface area (Å²) in [5.74, 6) is 0. The number of aromatic nitrogens is 1. The second-order valence-corrected chi connectivity index (χ2v) is 7.30. The molecule has 4 heteroatoms. The van der Waals surface area contributed by atoms with Crippen molar-refractivity contribution in [3.05, 3.63) is 59.9 Å². The zero-order chi connectivity index (χ0) is 16.7. The molecule has 3 rings (SSSR count). The molecule has 1 fully saturated rings. The van der Waals surface area contributed by atoms with Gasteiger partial charge in [0.05, 0.1) is 11.2 Å². The first-order chi connectivity index (χ1) is 10.8. The molecule has 0 atom stereocenters. The van der Waals surface area contributed by atoms with E-state index in [1.807, 2.05) is 0 Å². The van der Waals surface area contributed by atoms with Gasteiger partial charge >= 0.3 is 7.12 Å². The van der Waals surface area contributed by atoms with Crippen molar-refractivity contribution in [2.45, 2.75) is 52.4 Å². The van der Waals surface area contributed by atoms with Gasteiger partial charge in [-0.3, -0.25) is 0 Å². The molecule has 1 aliphatic rings. The van der Waals surface area contributed by atoms with Crippen LogP contribution >= 0.6 is 0 Å². The van der Waals surface area contributed by atoms with Gasteiger partial charge in [0.1, 0.15) is 0 Å². The summed E-state index contributed by atoms with van der Waals surface area (Å²) in [6, 6.07) is 14.8. The van der Waals surface area contributed by atoms with Crippen molar-refractivity contribution in [1.29, 1.82) is 0 Å². The highest BCUT2D eigenvalue weighted by atomic mass is 16.7. The van der Waals surface area contributed by atoms with Gasteiger partial charge in [0.2, 0.25) is 0 Å². The van der Waals surface area contributed by atoms with E-state index in [9.17, 15) is 0 Å². The molecule has 1 saturated heterocycles. The molecule has 0 aliphatic carbocycles. The molecule has 120 valence electrons. The second-order valence-electron chi connectivity index (χ2n) is 7.30. The van der Waals surface area contributed by atoms with Crippen LogP contribution < -0.4 is 10.0 Å². The summed E-state index contributed by atoms with van der Waals surface area (Å²) >= 11 is 0. The Labute approximate surface area is 139 Å². The summed E-state index contributed by atoms with van der Waals surface area (Å²) in [7, 11) is -0.292. The first kappa shape index (κ1) is 16.2. The molecule has 1 aromatic carbocycles. The summed E-state index contributed by atoms with van der Waals surface area (Å²) < 4.78 is 14.4. The zero-order valence-electron chi connectivity index (χ0n) is 14.7. The lowest BCUT2D eigenvalue weighted by Gasteiger charge is -2.32. The summed E-state index contributed by atoms with van der Waals surface area (Å²) in [4.78, 5) is 0. The first-order valence-corrected chi connectivity index (χ1v) is 8.18. The molecular weight excluding hydrogens is 285 g/mol. The van der Waals surface area contributed by atoms with Gasteiger partial charge in [-0.25, -0.2) is 0 Å². The molecule has 0 bridgehead atoms. The van der Waals surface area contributed by atoms with E-state index in [1.54, 1.807) is 0 Å². The van der Waals surface area contributed by atoms with Crippen molar-refractivity contribution >= 4 is 12.6 Å². The minimum atomic E-state index is -0.298. The largest absolute Gasteiger partial charge is 0.494 e. The van der Waals surface area contributed by atoms with Gasteiger partial charge in [-0.15, -0.1) is 0 Å². The third-order valence-electron chi connectivity index (χ3n) is 5.03. The Balaban J connectivity index is 1.75. The summed E-state index contributed by atoms with van der Waals surface area (Å²) in [6.45, 7) is 11.3. The standard InChI is InChI=1S/C19H25BNO2/c1-15-8-6-7-13-21(15)14-16-9-11-17(12-10-16)20-22-18(2,3)19(4,5)23-20/h6-13H,14H2,1-5H3/q+1. The lowest BCUT2D eigenvalue weighted by atomic mass is 9.79. The number of aryl methyl sites for hydroxylation is 1. The van der Waals surface area contributed by atoms with E-state index in [-0.39, 0.29) is 18.3 Å². The van der Waals surface area contributed by atoms with E-state index in [4.69, 9.17) is 9.31 Å². The molecule has 0 saturated carbocycles. The van der Waals surface area contributed by atoms with Gasteiger partial charge in [-0.2, -0.15) is 4.57 Å². The Morgan fingerprint density at radius 2 is 1.52 bits per heavy atom. The van der Waals surface area contributed by atoms with E-state index in [0.717, 1.165) is 12.0 Å². The van der Waals surface area contributed by atoms with E-state index < -0.39 is 0 Å². The van der Waals surface area contributed by atoms with Crippen LogP contribution in [0.4, 0.5) is 0 Å². The van der Waals surface area contributed by atoms with Crippen LogP contribution in [0.3, 0.4) is 0 Å². The van der Waals surface area contributed by atoms with Crippen molar-refractivity contribution in [2.75, 3.05) is 0 Å². The summed E-state index contributed by atoms with van der Waals surface area (Å²) in [5.41, 5.74) is 3.00. The Morgan fingerprint density at radius 1 is 0.913 bits per heavy atom. The van der Waals surface area contributed by atoms with Crippen molar-refractivity contribution < 1.29 is 13.9 Å². The normalized spacial score (nSPS) is 19.1. The second kappa shape index (κ2) is 5.77. The monoisotopic (exact) mass is 310 g/mol. The maximum absolute atomic E-state index is 6.10. The zero-order valence-corrected chi connectivity index (χ0v) is 14.7. The van der Waals surface area contributed by atoms with Crippen molar-refractivity contribution in [3.8, 4) is 0 Å². The van der Waals surface area contributed by atoms with Crippen LogP contribution in [0.2, 0.25) is 0 Å². The predicted octanol–water partition coefficient (Wildman–Crippen LogP) is 2.63. The van der Waals surface area contributed by atoms with E-state index in [1.165, 1.54) is 11.3 Å². The minimum absolute atomic E-state index is 0.292. The highest BCUT2D eigenvalue weighted by Gasteiger charge is 2.51. The van der Waals surface area contributed by atoms with Crippen molar-refractivity contribution in [3.63, 3.8) is 0 Å². The van der Waals surface area contributed by atoms with E-state index >= 15 is 0 Å². The number of hydrogen-bond acceptors (Lipinski definition) is 2. The van der Waals surface area contributed by atoms with Crippen LogP contribution in [0.1, 0.15) is 39.0 Å². The van der Waals surface area contributed by atoms with Gasteiger partial charge in [0.25, 0.3) is 0 Å². The lowest BCUT2D eigenvalue weighted by molar-refractivity contribution is -0.694. The van der Waals surface area contributed by atoms with Crippen molar-refractivity contribution in [1.82, 2.24) is 0 Å². The average Bonchev–Trinajstić information content (AvgIpc) is 2.71. The molecule has 3 nitrogen and oxygen atoms in total. The molecule has 0 N–H and O–H groups in total. The number of benzene rings is 1. The van der Waals surface area contributed by atoms with Crippen LogP contribution in [0.25, 0.3) is 0 Å². The predicted molar refractivity (Wildman–Crippen MR) is 92.6 cm³/mol. The Morgan fingerprint density at radius 3 is 2.09 bits per heavy atom. The SMILES string of the molecule is Cc1cccc[n+]1Cc1ccc(B2OC(C)(C)C(C)(C)O2)cc1. The number of rotatable bonds is 3. The molecule has 2 heterocycles. The number of pyridine rings is 1. The average molecular weight is 310 g/mol. The fraction of sp³-hybridized carbons (Fsp3) is 0.421. The molecule has 0 radical (unpaired) electrons. The molecule has 0 spiro atoms. The summed E-state index contributed by atoms with van der Waals surface area (Å²) in [6.07, 6.45) is 2.11.